The molecule has 152 valence electrons. The fourth-order valence-electron chi connectivity index (χ4n) is 3.02. The molecule has 1 N–H and O–H groups in total. The fraction of sp³-hybridized carbons (Fsp3) is 0.222. The average Bonchev–Trinajstić information content (AvgIpc) is 2.94. The highest BCUT2D eigenvalue weighted by molar-refractivity contribution is 6.23. The molecule has 8 nitrogen and oxygen atoms in total. The van der Waals surface area contributed by atoms with Gasteiger partial charge in [-0.1, -0.05) is 12.1 Å². The number of rotatable bonds is 5. The van der Waals surface area contributed by atoms with Crippen LogP contribution in [-0.4, -0.2) is 29.9 Å². The van der Waals surface area contributed by atoms with Gasteiger partial charge >= 0.3 is 6.18 Å². The first-order valence-corrected chi connectivity index (χ1v) is 8.25. The zero-order valence-electron chi connectivity index (χ0n) is 14.9. The van der Waals surface area contributed by atoms with E-state index in [1.165, 1.54) is 25.3 Å². The van der Waals surface area contributed by atoms with Crippen molar-refractivity contribution in [1.29, 1.82) is 0 Å². The molecule has 1 aliphatic heterocycles. The van der Waals surface area contributed by atoms with Gasteiger partial charge in [-0.05, 0) is 18.2 Å². The van der Waals surface area contributed by atoms with Crippen molar-refractivity contribution in [1.82, 2.24) is 0 Å². The summed E-state index contributed by atoms with van der Waals surface area (Å²) in [6, 6.07) is 6.66. The zero-order valence-corrected chi connectivity index (χ0v) is 14.9. The van der Waals surface area contributed by atoms with Crippen LogP contribution in [0.2, 0.25) is 0 Å². The number of non-ortho nitro benzene ring substituents is 1. The van der Waals surface area contributed by atoms with Crippen LogP contribution >= 0.6 is 0 Å². The minimum absolute atomic E-state index is 0.0683. The molecule has 2 amide bonds. The number of nitrogens with one attached hydrogen (secondary N) is 1. The monoisotopic (exact) mass is 409 g/mol. The highest BCUT2D eigenvalue weighted by Crippen LogP contribution is 2.39. The number of hydrogen-bond acceptors (Lipinski definition) is 6. The normalized spacial score (nSPS) is 16.8. The standard InChI is InChI=1S/C18H14F3N3O5/c1-29-15-7-6-10(24(27)28)8-12(15)22-13-9-16(25)23(17(13)26)14-5-3-2-4-11(14)18(19,20)21/h2-8,13,22H,9H2,1H3/t13-/m1/s1. The number of hydrogen-bond donors (Lipinski definition) is 1. The molecule has 2 aromatic rings. The van der Waals surface area contributed by atoms with Crippen LogP contribution < -0.4 is 15.0 Å². The molecule has 29 heavy (non-hydrogen) atoms. The number of ether oxygens (including phenoxy) is 1. The number of alkyl halides is 3. The molecule has 1 saturated heterocycles. The van der Waals surface area contributed by atoms with Gasteiger partial charge in [0.15, 0.2) is 0 Å². The summed E-state index contributed by atoms with van der Waals surface area (Å²) < 4.78 is 44.9. The number of para-hydroxylation sites is 1. The molecule has 1 fully saturated rings. The number of anilines is 2. The summed E-state index contributed by atoms with van der Waals surface area (Å²) >= 11 is 0. The molecular formula is C18H14F3N3O5. The van der Waals surface area contributed by atoms with Gasteiger partial charge in [0.05, 0.1) is 35.4 Å². The van der Waals surface area contributed by atoms with Gasteiger partial charge in [0.25, 0.3) is 11.6 Å². The van der Waals surface area contributed by atoms with Crippen molar-refractivity contribution in [3.05, 3.63) is 58.1 Å². The van der Waals surface area contributed by atoms with Crippen LogP contribution in [0.4, 0.5) is 30.2 Å². The van der Waals surface area contributed by atoms with Crippen LogP contribution in [0.25, 0.3) is 0 Å². The maximum absolute atomic E-state index is 13.3. The number of imide groups is 1. The molecule has 1 aliphatic rings. The van der Waals surface area contributed by atoms with Crippen molar-refractivity contribution in [3.63, 3.8) is 0 Å². The Morgan fingerprint density at radius 1 is 1.21 bits per heavy atom. The van der Waals surface area contributed by atoms with Crippen LogP contribution in [0.15, 0.2) is 42.5 Å². The molecule has 1 atom stereocenters. The van der Waals surface area contributed by atoms with Crippen LogP contribution in [0.5, 0.6) is 5.75 Å². The molecule has 0 saturated carbocycles. The van der Waals surface area contributed by atoms with E-state index in [4.69, 9.17) is 4.74 Å². The Morgan fingerprint density at radius 2 is 1.90 bits per heavy atom. The van der Waals surface area contributed by atoms with Gasteiger partial charge < -0.3 is 10.1 Å². The summed E-state index contributed by atoms with van der Waals surface area (Å²) in [6.45, 7) is 0. The second-order valence-electron chi connectivity index (χ2n) is 6.13. The lowest BCUT2D eigenvalue weighted by Gasteiger charge is -2.20. The minimum Gasteiger partial charge on any atom is -0.495 e. The molecule has 0 aromatic heterocycles. The van der Waals surface area contributed by atoms with Gasteiger partial charge in [-0.25, -0.2) is 4.90 Å². The van der Waals surface area contributed by atoms with Crippen molar-refractivity contribution < 1.29 is 32.4 Å². The van der Waals surface area contributed by atoms with E-state index in [0.29, 0.717) is 4.90 Å². The highest BCUT2D eigenvalue weighted by Gasteiger charge is 2.44. The van der Waals surface area contributed by atoms with Gasteiger partial charge in [-0.2, -0.15) is 13.2 Å². The zero-order chi connectivity index (χ0) is 21.3. The molecule has 0 bridgehead atoms. The number of carbonyl (C=O) groups is 2. The maximum atomic E-state index is 13.3. The van der Waals surface area contributed by atoms with E-state index in [0.717, 1.165) is 24.3 Å². The number of nitro groups is 1. The Kier molecular flexibility index (Phi) is 5.14. The summed E-state index contributed by atoms with van der Waals surface area (Å²) in [4.78, 5) is 35.9. The van der Waals surface area contributed by atoms with E-state index in [-0.39, 0.29) is 17.1 Å². The van der Waals surface area contributed by atoms with Gasteiger partial charge in [0.2, 0.25) is 5.91 Å². The first-order valence-electron chi connectivity index (χ1n) is 8.25. The molecule has 1 heterocycles. The number of amides is 2. The van der Waals surface area contributed by atoms with Crippen LogP contribution in [0, 0.1) is 10.1 Å². The first-order chi connectivity index (χ1) is 13.6. The lowest BCUT2D eigenvalue weighted by molar-refractivity contribution is -0.384. The Balaban J connectivity index is 1.94. The van der Waals surface area contributed by atoms with E-state index in [1.807, 2.05) is 0 Å². The average molecular weight is 409 g/mol. The van der Waals surface area contributed by atoms with Gasteiger partial charge in [0, 0.05) is 12.1 Å². The molecule has 0 unspecified atom stereocenters. The molecular weight excluding hydrogens is 395 g/mol. The van der Waals surface area contributed by atoms with E-state index in [9.17, 15) is 32.9 Å². The lowest BCUT2D eigenvalue weighted by atomic mass is 10.1. The SMILES string of the molecule is COc1ccc([N+](=O)[O-])cc1N[C@@H]1CC(=O)N(c2ccccc2C(F)(F)F)C1=O. The fourth-order valence-corrected chi connectivity index (χ4v) is 3.02. The summed E-state index contributed by atoms with van der Waals surface area (Å²) in [5, 5.41) is 13.6. The lowest BCUT2D eigenvalue weighted by Crippen LogP contribution is -2.36. The van der Waals surface area contributed by atoms with Crippen molar-refractivity contribution >= 4 is 28.9 Å². The van der Waals surface area contributed by atoms with E-state index in [2.05, 4.69) is 5.32 Å². The second-order valence-corrected chi connectivity index (χ2v) is 6.13. The Labute approximate surface area is 162 Å². The van der Waals surface area contributed by atoms with Crippen molar-refractivity contribution in [2.45, 2.75) is 18.6 Å². The summed E-state index contributed by atoms with van der Waals surface area (Å²) in [7, 11) is 1.31. The summed E-state index contributed by atoms with van der Waals surface area (Å²) in [5.74, 6) is -1.56. The van der Waals surface area contributed by atoms with Crippen LogP contribution in [0.3, 0.4) is 0 Å². The predicted octanol–water partition coefficient (Wildman–Crippen LogP) is 3.37. The van der Waals surface area contributed by atoms with E-state index >= 15 is 0 Å². The highest BCUT2D eigenvalue weighted by atomic mass is 19.4. The van der Waals surface area contributed by atoms with E-state index < -0.39 is 46.6 Å². The quantitative estimate of drug-likeness (QED) is 0.462. The predicted molar refractivity (Wildman–Crippen MR) is 95.6 cm³/mol. The van der Waals surface area contributed by atoms with Crippen molar-refractivity contribution in [3.8, 4) is 5.75 Å². The number of nitro benzene ring substituents is 1. The number of nitrogens with zero attached hydrogens (tertiary/aromatic N) is 2. The van der Waals surface area contributed by atoms with Gasteiger partial charge in [0.1, 0.15) is 11.8 Å². The smallest absolute Gasteiger partial charge is 0.418 e. The van der Waals surface area contributed by atoms with Gasteiger partial charge in [-0.15, -0.1) is 0 Å². The van der Waals surface area contributed by atoms with Gasteiger partial charge in [-0.3, -0.25) is 19.7 Å². The largest absolute Gasteiger partial charge is 0.495 e. The third kappa shape index (κ3) is 3.84. The number of halogens is 3. The first kappa shape index (κ1) is 20.1. The van der Waals surface area contributed by atoms with E-state index in [1.54, 1.807) is 0 Å². The molecule has 0 aliphatic carbocycles. The van der Waals surface area contributed by atoms with Crippen LogP contribution in [0.1, 0.15) is 12.0 Å². The van der Waals surface area contributed by atoms with Crippen molar-refractivity contribution in [2.75, 3.05) is 17.3 Å². The second kappa shape index (κ2) is 7.41. The Morgan fingerprint density at radius 3 is 2.52 bits per heavy atom. The number of methoxy groups -OCH3 is 1. The summed E-state index contributed by atoms with van der Waals surface area (Å²) in [6.07, 6.45) is -5.18. The molecule has 3 rings (SSSR count). The Bertz CT molecular complexity index is 993. The molecule has 2 aromatic carbocycles. The minimum atomic E-state index is -4.76. The molecule has 11 heteroatoms. The topological polar surface area (TPSA) is 102 Å². The number of carbonyl (C=O) groups excluding carboxylic acids is 2. The molecule has 0 spiro atoms. The third-order valence-electron chi connectivity index (χ3n) is 4.32. The Hall–Kier alpha value is -3.63. The van der Waals surface area contributed by atoms with Crippen molar-refractivity contribution in [2.24, 2.45) is 0 Å². The molecule has 0 radical (unpaired) electrons. The van der Waals surface area contributed by atoms with Crippen LogP contribution in [-0.2, 0) is 15.8 Å². The summed E-state index contributed by atoms with van der Waals surface area (Å²) in [5.41, 5.74) is -1.90. The maximum Gasteiger partial charge on any atom is 0.418 e. The third-order valence-corrected chi connectivity index (χ3v) is 4.32. The number of benzene rings is 2.